The minimum Gasteiger partial charge on any atom is -0.372 e. The van der Waals surface area contributed by atoms with Gasteiger partial charge in [0.25, 0.3) is 0 Å². The first kappa shape index (κ1) is 11.8. The number of aromatic nitrogens is 2. The lowest BCUT2D eigenvalue weighted by molar-refractivity contribution is 0.0485. The second-order valence-corrected chi connectivity index (χ2v) is 4.20. The van der Waals surface area contributed by atoms with Gasteiger partial charge in [0.15, 0.2) is 0 Å². The van der Waals surface area contributed by atoms with Gasteiger partial charge in [0, 0.05) is 6.20 Å². The second-order valence-electron chi connectivity index (χ2n) is 3.04. The summed E-state index contributed by atoms with van der Waals surface area (Å²) < 4.78 is 31.0. The molecule has 14 heavy (non-hydrogen) atoms. The van der Waals surface area contributed by atoms with Gasteiger partial charge >= 0.3 is 6.55 Å². The Morgan fingerprint density at radius 2 is 2.21 bits per heavy atom. The van der Waals surface area contributed by atoms with Crippen LogP contribution in [0.15, 0.2) is 6.20 Å². The molecule has 6 heteroatoms. The maximum Gasteiger partial charge on any atom is 0.333 e. The maximum atomic E-state index is 12.2. The third-order valence-corrected chi connectivity index (χ3v) is 2.41. The van der Waals surface area contributed by atoms with Gasteiger partial charge in [-0.25, -0.2) is 4.68 Å². The van der Waals surface area contributed by atoms with E-state index >= 15 is 0 Å². The number of nitrogens with zero attached hydrogens (tertiary/aromatic N) is 2. The highest BCUT2D eigenvalue weighted by atomic mass is 127. The van der Waals surface area contributed by atoms with Crippen LogP contribution in [0.25, 0.3) is 0 Å². The average molecular weight is 316 g/mol. The van der Waals surface area contributed by atoms with E-state index in [2.05, 4.69) is 5.10 Å². The van der Waals surface area contributed by atoms with E-state index < -0.39 is 6.55 Å². The molecule has 0 aliphatic heterocycles. The van der Waals surface area contributed by atoms with E-state index in [0.29, 0.717) is 13.9 Å². The molecule has 0 amide bonds. The van der Waals surface area contributed by atoms with Crippen LogP contribution in [0.2, 0.25) is 0 Å². The first-order chi connectivity index (χ1) is 6.50. The third kappa shape index (κ3) is 3.16. The number of ether oxygens (including phenoxy) is 1. The zero-order valence-corrected chi connectivity index (χ0v) is 10.0. The van der Waals surface area contributed by atoms with Crippen molar-refractivity contribution >= 4 is 22.6 Å². The van der Waals surface area contributed by atoms with Crippen molar-refractivity contribution in [2.45, 2.75) is 33.1 Å². The molecule has 80 valence electrons. The fraction of sp³-hybridized carbons (Fsp3) is 0.625. The summed E-state index contributed by atoms with van der Waals surface area (Å²) >= 11 is 1.96. The van der Waals surface area contributed by atoms with Crippen LogP contribution in [0.3, 0.4) is 0 Å². The molecule has 1 aromatic rings. The van der Waals surface area contributed by atoms with E-state index in [1.54, 1.807) is 0 Å². The summed E-state index contributed by atoms with van der Waals surface area (Å²) in [6, 6.07) is 0. The zero-order chi connectivity index (χ0) is 10.7. The van der Waals surface area contributed by atoms with Gasteiger partial charge in [-0.05, 0) is 36.4 Å². The molecule has 0 atom stereocenters. The lowest BCUT2D eigenvalue weighted by Gasteiger charge is -2.04. The van der Waals surface area contributed by atoms with E-state index in [0.717, 1.165) is 0 Å². The largest absolute Gasteiger partial charge is 0.372 e. The zero-order valence-electron chi connectivity index (χ0n) is 7.88. The Balaban J connectivity index is 2.67. The number of alkyl halides is 2. The van der Waals surface area contributed by atoms with Gasteiger partial charge in [0.1, 0.15) is 5.69 Å². The summed E-state index contributed by atoms with van der Waals surface area (Å²) in [5, 5.41) is 3.72. The van der Waals surface area contributed by atoms with Crippen molar-refractivity contribution in [3.8, 4) is 0 Å². The van der Waals surface area contributed by atoms with E-state index in [1.165, 1.54) is 6.20 Å². The first-order valence-corrected chi connectivity index (χ1v) is 5.22. The van der Waals surface area contributed by atoms with Gasteiger partial charge in [-0.3, -0.25) is 0 Å². The highest BCUT2D eigenvalue weighted by Gasteiger charge is 2.12. The molecule has 0 aliphatic carbocycles. The molecule has 0 N–H and O–H groups in total. The monoisotopic (exact) mass is 316 g/mol. The van der Waals surface area contributed by atoms with E-state index in [-0.39, 0.29) is 12.7 Å². The van der Waals surface area contributed by atoms with Crippen LogP contribution < -0.4 is 0 Å². The fourth-order valence-corrected chi connectivity index (χ4v) is 1.40. The van der Waals surface area contributed by atoms with Crippen LogP contribution in [0.1, 0.15) is 26.1 Å². The molecule has 1 rings (SSSR count). The number of halogens is 3. The standard InChI is InChI=1S/C8H11F2IN2O/c1-5(2)14-4-7-6(11)3-13(12-7)8(9)10/h3,5,8H,4H2,1-2H3. The number of rotatable bonds is 4. The van der Waals surface area contributed by atoms with Crippen molar-refractivity contribution in [3.05, 3.63) is 15.5 Å². The SMILES string of the molecule is CC(C)OCc1nn(C(F)F)cc1I. The Kier molecular flexibility index (Phi) is 4.24. The predicted octanol–water partition coefficient (Wildman–Crippen LogP) is 2.81. The van der Waals surface area contributed by atoms with Crippen LogP contribution in [-0.2, 0) is 11.3 Å². The summed E-state index contributed by atoms with van der Waals surface area (Å²) in [5.74, 6) is 0. The molecule has 0 unspecified atom stereocenters. The molecule has 0 fully saturated rings. The topological polar surface area (TPSA) is 27.1 Å². The van der Waals surface area contributed by atoms with Crippen molar-refractivity contribution < 1.29 is 13.5 Å². The number of hydrogen-bond donors (Lipinski definition) is 0. The second kappa shape index (κ2) is 5.01. The van der Waals surface area contributed by atoms with Crippen LogP contribution in [-0.4, -0.2) is 15.9 Å². The van der Waals surface area contributed by atoms with Gasteiger partial charge in [-0.15, -0.1) is 0 Å². The molecule has 0 aliphatic rings. The van der Waals surface area contributed by atoms with Gasteiger partial charge in [-0.1, -0.05) is 0 Å². The highest BCUT2D eigenvalue weighted by molar-refractivity contribution is 14.1. The maximum absolute atomic E-state index is 12.2. The van der Waals surface area contributed by atoms with Crippen molar-refractivity contribution in [2.24, 2.45) is 0 Å². The lowest BCUT2D eigenvalue weighted by Crippen LogP contribution is -2.05. The highest BCUT2D eigenvalue weighted by Crippen LogP contribution is 2.16. The minimum atomic E-state index is -2.59. The smallest absolute Gasteiger partial charge is 0.333 e. The van der Waals surface area contributed by atoms with Crippen LogP contribution in [0.4, 0.5) is 8.78 Å². The van der Waals surface area contributed by atoms with Gasteiger partial charge in [-0.2, -0.15) is 13.9 Å². The van der Waals surface area contributed by atoms with Crippen molar-refractivity contribution in [1.82, 2.24) is 9.78 Å². The molecule has 0 radical (unpaired) electrons. The third-order valence-electron chi connectivity index (χ3n) is 1.51. The van der Waals surface area contributed by atoms with Crippen molar-refractivity contribution in [1.29, 1.82) is 0 Å². The number of hydrogen-bond acceptors (Lipinski definition) is 2. The Labute approximate surface area is 94.6 Å². The Morgan fingerprint density at radius 3 is 2.64 bits per heavy atom. The minimum absolute atomic E-state index is 0.0718. The predicted molar refractivity (Wildman–Crippen MR) is 56.1 cm³/mol. The Bertz CT molecular complexity index is 302. The summed E-state index contributed by atoms with van der Waals surface area (Å²) in [7, 11) is 0. The van der Waals surface area contributed by atoms with E-state index in [4.69, 9.17) is 4.74 Å². The molecular formula is C8H11F2IN2O. The lowest BCUT2D eigenvalue weighted by atomic mass is 10.4. The van der Waals surface area contributed by atoms with Crippen LogP contribution in [0.5, 0.6) is 0 Å². The molecule has 1 heterocycles. The quantitative estimate of drug-likeness (QED) is 0.799. The Hall–Kier alpha value is -0.240. The van der Waals surface area contributed by atoms with Gasteiger partial charge < -0.3 is 4.74 Å². The molecule has 1 aromatic heterocycles. The summed E-state index contributed by atoms with van der Waals surface area (Å²) in [4.78, 5) is 0. The summed E-state index contributed by atoms with van der Waals surface area (Å²) in [5.41, 5.74) is 0.555. The fourth-order valence-electron chi connectivity index (χ4n) is 0.850. The molecule has 0 saturated carbocycles. The summed E-state index contributed by atoms with van der Waals surface area (Å²) in [6.45, 7) is 1.46. The van der Waals surface area contributed by atoms with Crippen molar-refractivity contribution in [2.75, 3.05) is 0 Å². The van der Waals surface area contributed by atoms with E-state index in [1.807, 2.05) is 36.4 Å². The molecule has 0 spiro atoms. The summed E-state index contributed by atoms with van der Waals surface area (Å²) in [6.07, 6.45) is 1.38. The molecule has 3 nitrogen and oxygen atoms in total. The van der Waals surface area contributed by atoms with E-state index in [9.17, 15) is 8.78 Å². The van der Waals surface area contributed by atoms with Crippen LogP contribution >= 0.6 is 22.6 Å². The van der Waals surface area contributed by atoms with Gasteiger partial charge in [0.2, 0.25) is 0 Å². The van der Waals surface area contributed by atoms with Crippen molar-refractivity contribution in [3.63, 3.8) is 0 Å². The molecule has 0 saturated heterocycles. The normalized spacial score (nSPS) is 11.6. The average Bonchev–Trinajstić information content (AvgIpc) is 2.43. The van der Waals surface area contributed by atoms with Crippen LogP contribution in [0, 0.1) is 3.57 Å². The molecule has 0 bridgehead atoms. The Morgan fingerprint density at radius 1 is 1.57 bits per heavy atom. The molecule has 0 aromatic carbocycles. The first-order valence-electron chi connectivity index (χ1n) is 4.14. The van der Waals surface area contributed by atoms with Gasteiger partial charge in [0.05, 0.1) is 16.3 Å². The molecular weight excluding hydrogens is 305 g/mol.